The Balaban J connectivity index is 0.00000529. The highest BCUT2D eigenvalue weighted by Crippen LogP contribution is 2.23. The molecule has 0 saturated carbocycles. The van der Waals surface area contributed by atoms with Gasteiger partial charge in [-0.3, -0.25) is 4.99 Å². The number of hydrogen-bond donors (Lipinski definition) is 2. The minimum absolute atomic E-state index is 0. The van der Waals surface area contributed by atoms with E-state index in [1.165, 1.54) is 0 Å². The van der Waals surface area contributed by atoms with Gasteiger partial charge in [-0.2, -0.15) is 0 Å². The molecule has 24 heavy (non-hydrogen) atoms. The molecule has 1 atom stereocenters. The summed E-state index contributed by atoms with van der Waals surface area (Å²) in [7, 11) is 3.52. The van der Waals surface area contributed by atoms with Crippen molar-refractivity contribution in [1.29, 1.82) is 0 Å². The van der Waals surface area contributed by atoms with E-state index in [1.807, 2.05) is 0 Å². The maximum absolute atomic E-state index is 5.56. The number of halogens is 1. The molecule has 0 aromatic carbocycles. The molecule has 1 aromatic heterocycles. The Hall–Kier alpha value is -0.410. The Morgan fingerprint density at radius 2 is 1.88 bits per heavy atom. The van der Waals surface area contributed by atoms with Gasteiger partial charge in [0.1, 0.15) is 5.01 Å². The van der Waals surface area contributed by atoms with E-state index >= 15 is 0 Å². The number of nitrogens with one attached hydrogen (secondary N) is 2. The predicted octanol–water partition coefficient (Wildman–Crippen LogP) is 3.78. The van der Waals surface area contributed by atoms with Crippen molar-refractivity contribution in [2.45, 2.75) is 59.6 Å². The van der Waals surface area contributed by atoms with Crippen molar-refractivity contribution in [3.8, 4) is 0 Å². The van der Waals surface area contributed by atoms with Crippen LogP contribution < -0.4 is 10.6 Å². The van der Waals surface area contributed by atoms with E-state index < -0.39 is 0 Å². The highest BCUT2D eigenvalue weighted by Gasteiger charge is 2.24. The van der Waals surface area contributed by atoms with Crippen molar-refractivity contribution in [3.63, 3.8) is 0 Å². The van der Waals surface area contributed by atoms with Crippen LogP contribution in [0.2, 0.25) is 0 Å². The van der Waals surface area contributed by atoms with E-state index in [2.05, 4.69) is 67.5 Å². The maximum Gasteiger partial charge on any atom is 0.191 e. The van der Waals surface area contributed by atoms with Gasteiger partial charge in [-0.1, -0.05) is 41.5 Å². The molecule has 0 aliphatic rings. The first-order valence-corrected chi connectivity index (χ1v) is 8.88. The van der Waals surface area contributed by atoms with Crippen LogP contribution in [0, 0.1) is 5.41 Å². The van der Waals surface area contributed by atoms with Crippen LogP contribution in [0.3, 0.4) is 0 Å². The summed E-state index contributed by atoms with van der Waals surface area (Å²) in [6.45, 7) is 14.4. The molecule has 1 rings (SSSR count). The molecule has 5 nitrogen and oxygen atoms in total. The minimum Gasteiger partial charge on any atom is -0.379 e. The van der Waals surface area contributed by atoms with Gasteiger partial charge in [-0.15, -0.1) is 35.3 Å². The monoisotopic (exact) mass is 468 g/mol. The lowest BCUT2D eigenvalue weighted by Gasteiger charge is -2.30. The second-order valence-corrected chi connectivity index (χ2v) is 8.72. The fourth-order valence-electron chi connectivity index (χ4n) is 2.05. The van der Waals surface area contributed by atoms with Crippen LogP contribution in [-0.4, -0.2) is 37.7 Å². The topological polar surface area (TPSA) is 58.5 Å². The molecule has 0 aliphatic carbocycles. The molecule has 2 N–H and O–H groups in total. The van der Waals surface area contributed by atoms with E-state index in [9.17, 15) is 0 Å². The van der Waals surface area contributed by atoms with Gasteiger partial charge < -0.3 is 15.4 Å². The third-order valence-electron chi connectivity index (χ3n) is 3.66. The first-order chi connectivity index (χ1) is 10.6. The van der Waals surface area contributed by atoms with Crippen molar-refractivity contribution in [3.05, 3.63) is 16.1 Å². The Morgan fingerprint density at radius 3 is 2.29 bits per heavy atom. The molecule has 0 spiro atoms. The second kappa shape index (κ2) is 9.91. The number of guanidine groups is 1. The van der Waals surface area contributed by atoms with Gasteiger partial charge in [0.25, 0.3) is 0 Å². The van der Waals surface area contributed by atoms with Crippen LogP contribution >= 0.6 is 35.3 Å². The molecular weight excluding hydrogens is 435 g/mol. The first kappa shape index (κ1) is 23.6. The van der Waals surface area contributed by atoms with Crippen molar-refractivity contribution < 1.29 is 4.74 Å². The lowest BCUT2D eigenvalue weighted by Crippen LogP contribution is -2.45. The molecule has 1 heterocycles. The third kappa shape index (κ3) is 7.65. The van der Waals surface area contributed by atoms with Crippen LogP contribution in [0.15, 0.2) is 10.4 Å². The predicted molar refractivity (Wildman–Crippen MR) is 115 cm³/mol. The molecule has 0 radical (unpaired) electrons. The van der Waals surface area contributed by atoms with Gasteiger partial charge >= 0.3 is 0 Å². The fourth-order valence-corrected chi connectivity index (χ4v) is 3.01. The summed E-state index contributed by atoms with van der Waals surface area (Å²) in [5.74, 6) is 0.767. The van der Waals surface area contributed by atoms with Crippen LogP contribution in [-0.2, 0) is 16.7 Å². The number of ether oxygens (including phenoxy) is 1. The molecule has 0 saturated heterocycles. The average Bonchev–Trinajstić information content (AvgIpc) is 2.90. The molecule has 0 bridgehead atoms. The largest absolute Gasteiger partial charge is 0.379 e. The Kier molecular flexibility index (Phi) is 9.74. The Morgan fingerprint density at radius 1 is 1.25 bits per heavy atom. The normalized spacial score (nSPS) is 14.1. The van der Waals surface area contributed by atoms with Crippen molar-refractivity contribution in [1.82, 2.24) is 15.6 Å². The van der Waals surface area contributed by atoms with Gasteiger partial charge in [0, 0.05) is 31.5 Å². The van der Waals surface area contributed by atoms with Gasteiger partial charge in [-0.05, 0) is 5.41 Å². The number of methoxy groups -OCH3 is 1. The summed E-state index contributed by atoms with van der Waals surface area (Å²) >= 11 is 1.68. The van der Waals surface area contributed by atoms with E-state index in [4.69, 9.17) is 4.74 Å². The fraction of sp³-hybridized carbons (Fsp3) is 0.765. The van der Waals surface area contributed by atoms with Gasteiger partial charge in [-0.25, -0.2) is 4.98 Å². The number of hydrogen-bond acceptors (Lipinski definition) is 4. The van der Waals surface area contributed by atoms with Crippen LogP contribution in [0.1, 0.15) is 52.2 Å². The van der Waals surface area contributed by atoms with Gasteiger partial charge in [0.15, 0.2) is 5.96 Å². The van der Waals surface area contributed by atoms with E-state index in [-0.39, 0.29) is 40.9 Å². The zero-order valence-electron chi connectivity index (χ0n) is 16.2. The molecule has 140 valence electrons. The number of aliphatic imine (C=N–C) groups is 1. The van der Waals surface area contributed by atoms with Crippen molar-refractivity contribution >= 4 is 41.3 Å². The van der Waals surface area contributed by atoms with Gasteiger partial charge in [0.05, 0.1) is 18.3 Å². The first-order valence-electron chi connectivity index (χ1n) is 8.00. The lowest BCUT2D eigenvalue weighted by molar-refractivity contribution is 0.0205. The summed E-state index contributed by atoms with van der Waals surface area (Å²) < 4.78 is 5.56. The standard InChI is InChI=1S/C17H32N4OS.HI/c1-16(2,3)12-11-23-14(21-12)10-20-15(18-7)19-9-13(22-8)17(4,5)6;/h11,13H,9-10H2,1-8H3,(H2,18,19,20);1H. The quantitative estimate of drug-likeness (QED) is 0.392. The molecule has 0 amide bonds. The van der Waals surface area contributed by atoms with E-state index in [0.29, 0.717) is 13.1 Å². The molecule has 0 fully saturated rings. The average molecular weight is 468 g/mol. The lowest BCUT2D eigenvalue weighted by atomic mass is 9.89. The zero-order chi connectivity index (χ0) is 17.7. The van der Waals surface area contributed by atoms with E-state index in [0.717, 1.165) is 16.7 Å². The molecule has 0 aliphatic heterocycles. The summed E-state index contributed by atoms with van der Waals surface area (Å²) in [6.07, 6.45) is 0.119. The van der Waals surface area contributed by atoms with Crippen LogP contribution in [0.4, 0.5) is 0 Å². The summed E-state index contributed by atoms with van der Waals surface area (Å²) in [5.41, 5.74) is 1.30. The third-order valence-corrected chi connectivity index (χ3v) is 4.50. The number of aromatic nitrogens is 1. The zero-order valence-corrected chi connectivity index (χ0v) is 19.3. The number of thiazole rings is 1. The molecule has 7 heteroatoms. The van der Waals surface area contributed by atoms with Gasteiger partial charge in [0.2, 0.25) is 0 Å². The molecular formula is C17H33IN4OS. The van der Waals surface area contributed by atoms with Crippen molar-refractivity contribution in [2.75, 3.05) is 20.7 Å². The summed E-state index contributed by atoms with van der Waals surface area (Å²) in [5, 5.41) is 9.84. The number of nitrogens with zero attached hydrogens (tertiary/aromatic N) is 2. The van der Waals surface area contributed by atoms with Crippen LogP contribution in [0.5, 0.6) is 0 Å². The number of rotatable bonds is 5. The Labute approximate surface area is 168 Å². The van der Waals surface area contributed by atoms with Crippen LogP contribution in [0.25, 0.3) is 0 Å². The van der Waals surface area contributed by atoms with Crippen molar-refractivity contribution in [2.24, 2.45) is 10.4 Å². The summed E-state index contributed by atoms with van der Waals surface area (Å²) in [4.78, 5) is 8.95. The summed E-state index contributed by atoms with van der Waals surface area (Å²) in [6, 6.07) is 0. The Bertz CT molecular complexity index is 517. The molecule has 1 aromatic rings. The smallest absolute Gasteiger partial charge is 0.191 e. The SMILES string of the molecule is CN=C(NCc1nc(C(C)(C)C)cs1)NCC(OC)C(C)(C)C.I. The molecule has 1 unspecified atom stereocenters. The minimum atomic E-state index is 0. The highest BCUT2D eigenvalue weighted by molar-refractivity contribution is 14.0. The maximum atomic E-state index is 5.56. The van der Waals surface area contributed by atoms with E-state index in [1.54, 1.807) is 25.5 Å². The second-order valence-electron chi connectivity index (χ2n) is 7.77. The highest BCUT2D eigenvalue weighted by atomic mass is 127.